The number of carbonyl (C=O) groups is 1. The summed E-state index contributed by atoms with van der Waals surface area (Å²) < 4.78 is 12.3. The fourth-order valence-electron chi connectivity index (χ4n) is 4.53. The molecule has 0 spiro atoms. The van der Waals surface area contributed by atoms with Gasteiger partial charge in [-0.05, 0) is 58.3 Å². The molecule has 0 aromatic carbocycles. The smallest absolute Gasteiger partial charge is 0.333 e. The predicted molar refractivity (Wildman–Crippen MR) is 77.3 cm³/mol. The van der Waals surface area contributed by atoms with Gasteiger partial charge in [0.25, 0.3) is 0 Å². The topological polar surface area (TPSA) is 35.5 Å². The first-order valence-electron chi connectivity index (χ1n) is 8.07. The Hall–Kier alpha value is -0.830. The van der Waals surface area contributed by atoms with Gasteiger partial charge >= 0.3 is 5.97 Å². The summed E-state index contributed by atoms with van der Waals surface area (Å²) in [6.45, 7) is 7.67. The maximum absolute atomic E-state index is 12.1. The molecule has 3 aliphatic rings. The number of carbonyl (C=O) groups excluding carboxylic acids is 1. The fourth-order valence-corrected chi connectivity index (χ4v) is 4.53. The predicted octanol–water partition coefficient (Wildman–Crippen LogP) is 3.77. The van der Waals surface area contributed by atoms with Gasteiger partial charge in [0.05, 0.1) is 11.7 Å². The number of esters is 1. The van der Waals surface area contributed by atoms with Gasteiger partial charge in [-0.25, -0.2) is 4.79 Å². The maximum atomic E-state index is 12.1. The molecule has 3 nitrogen and oxygen atoms in total. The highest BCUT2D eigenvalue weighted by atomic mass is 16.6. The first-order valence-corrected chi connectivity index (χ1v) is 8.07. The minimum Gasteiger partial charge on any atom is -0.455 e. The van der Waals surface area contributed by atoms with Crippen molar-refractivity contribution in [3.05, 3.63) is 12.2 Å². The van der Waals surface area contributed by atoms with E-state index in [4.69, 9.17) is 9.47 Å². The van der Waals surface area contributed by atoms with E-state index in [1.165, 1.54) is 6.42 Å². The van der Waals surface area contributed by atoms with Gasteiger partial charge < -0.3 is 9.47 Å². The Kier molecular flexibility index (Phi) is 3.44. The minimum atomic E-state index is -0.280. The first-order chi connectivity index (χ1) is 9.50. The third kappa shape index (κ3) is 2.11. The Labute approximate surface area is 121 Å². The van der Waals surface area contributed by atoms with E-state index in [1.54, 1.807) is 6.92 Å². The minimum absolute atomic E-state index is 0.0700. The molecule has 0 radical (unpaired) electrons. The zero-order valence-electron chi connectivity index (χ0n) is 12.7. The van der Waals surface area contributed by atoms with Crippen molar-refractivity contribution in [1.29, 1.82) is 0 Å². The molecule has 2 saturated heterocycles. The molecule has 0 amide bonds. The van der Waals surface area contributed by atoms with Crippen LogP contribution in [0.1, 0.15) is 65.2 Å². The van der Waals surface area contributed by atoms with Crippen LogP contribution in [0.2, 0.25) is 0 Å². The molecule has 3 unspecified atom stereocenters. The van der Waals surface area contributed by atoms with Crippen molar-refractivity contribution in [3.8, 4) is 0 Å². The molecule has 3 atom stereocenters. The molecule has 1 aliphatic carbocycles. The van der Waals surface area contributed by atoms with Gasteiger partial charge in [-0.3, -0.25) is 0 Å². The molecule has 0 aromatic rings. The molecule has 1 saturated carbocycles. The van der Waals surface area contributed by atoms with E-state index < -0.39 is 0 Å². The summed E-state index contributed by atoms with van der Waals surface area (Å²) in [7, 11) is 0. The van der Waals surface area contributed by atoms with Gasteiger partial charge in [0.15, 0.2) is 0 Å². The number of fused-ring (bicyclic) bond motifs is 2. The van der Waals surface area contributed by atoms with E-state index in [1.807, 2.05) is 0 Å². The molecule has 2 heterocycles. The molecule has 3 rings (SSSR count). The number of rotatable bonds is 4. The van der Waals surface area contributed by atoms with Crippen molar-refractivity contribution in [2.45, 2.75) is 82.5 Å². The average Bonchev–Trinajstić information content (AvgIpc) is 3.13. The second kappa shape index (κ2) is 4.87. The second-order valence-electron chi connectivity index (χ2n) is 6.98. The molecular weight excluding hydrogens is 252 g/mol. The Balaban J connectivity index is 1.81. The zero-order valence-corrected chi connectivity index (χ0v) is 12.7. The van der Waals surface area contributed by atoms with Crippen molar-refractivity contribution in [1.82, 2.24) is 0 Å². The highest BCUT2D eigenvalue weighted by Gasteiger charge is 2.59. The first kappa shape index (κ1) is 14.1. The monoisotopic (exact) mass is 278 g/mol. The van der Waals surface area contributed by atoms with Gasteiger partial charge in [0.1, 0.15) is 5.60 Å². The molecule has 3 heteroatoms. The summed E-state index contributed by atoms with van der Waals surface area (Å²) in [6, 6.07) is 0. The van der Waals surface area contributed by atoms with Gasteiger partial charge in [-0.1, -0.05) is 13.5 Å². The van der Waals surface area contributed by atoms with Crippen LogP contribution < -0.4 is 0 Å². The van der Waals surface area contributed by atoms with Gasteiger partial charge in [0.2, 0.25) is 0 Å². The van der Waals surface area contributed by atoms with Crippen molar-refractivity contribution >= 4 is 5.97 Å². The highest BCUT2D eigenvalue weighted by Crippen LogP contribution is 2.56. The lowest BCUT2D eigenvalue weighted by Crippen LogP contribution is -2.45. The van der Waals surface area contributed by atoms with E-state index in [0.29, 0.717) is 17.6 Å². The van der Waals surface area contributed by atoms with Crippen LogP contribution in [0.15, 0.2) is 12.2 Å². The van der Waals surface area contributed by atoms with Crippen LogP contribution in [0.4, 0.5) is 0 Å². The Bertz CT molecular complexity index is 422. The van der Waals surface area contributed by atoms with Crippen LogP contribution in [0.25, 0.3) is 0 Å². The third-order valence-corrected chi connectivity index (χ3v) is 5.74. The van der Waals surface area contributed by atoms with E-state index in [-0.39, 0.29) is 17.2 Å². The van der Waals surface area contributed by atoms with Crippen molar-refractivity contribution in [2.75, 3.05) is 0 Å². The lowest BCUT2D eigenvalue weighted by Gasteiger charge is -2.39. The quantitative estimate of drug-likeness (QED) is 0.580. The summed E-state index contributed by atoms with van der Waals surface area (Å²) in [6.07, 6.45) is 9.05. The molecule has 2 aliphatic heterocycles. The molecule has 112 valence electrons. The van der Waals surface area contributed by atoms with Crippen LogP contribution in [0, 0.1) is 5.92 Å². The lowest BCUT2D eigenvalue weighted by molar-refractivity contribution is -0.163. The standard InChI is InChI=1S/C17H26O3/c1-4-16-10-7-14(19-16)13(11-16)17(8-5-6-9-17)20-15(18)12(2)3/h13-14H,2,4-11H2,1,3H3. The van der Waals surface area contributed by atoms with Crippen molar-refractivity contribution < 1.29 is 14.3 Å². The van der Waals surface area contributed by atoms with E-state index in [9.17, 15) is 4.79 Å². The van der Waals surface area contributed by atoms with Gasteiger partial charge in [-0.15, -0.1) is 0 Å². The van der Waals surface area contributed by atoms with Crippen LogP contribution in [0.3, 0.4) is 0 Å². The molecule has 3 fully saturated rings. The lowest BCUT2D eigenvalue weighted by atomic mass is 9.71. The number of ether oxygens (including phenoxy) is 2. The Morgan fingerprint density at radius 3 is 2.60 bits per heavy atom. The van der Waals surface area contributed by atoms with Gasteiger partial charge in [0, 0.05) is 11.5 Å². The largest absolute Gasteiger partial charge is 0.455 e. The van der Waals surface area contributed by atoms with Crippen LogP contribution >= 0.6 is 0 Å². The SMILES string of the molecule is C=C(C)C(=O)OC1(C2CC3(CC)CCC2O3)CCCC1. The molecule has 20 heavy (non-hydrogen) atoms. The van der Waals surface area contributed by atoms with Crippen LogP contribution in [-0.4, -0.2) is 23.3 Å². The molecule has 0 N–H and O–H groups in total. The van der Waals surface area contributed by atoms with Gasteiger partial charge in [-0.2, -0.15) is 0 Å². The molecule has 2 bridgehead atoms. The summed E-state index contributed by atoms with van der Waals surface area (Å²) in [5, 5.41) is 0. The Morgan fingerprint density at radius 1 is 1.35 bits per heavy atom. The molecule has 0 aromatic heterocycles. The summed E-state index contributed by atoms with van der Waals surface area (Å²) in [4.78, 5) is 12.1. The average molecular weight is 278 g/mol. The fraction of sp³-hybridized carbons (Fsp3) is 0.824. The molecular formula is C17H26O3. The third-order valence-electron chi connectivity index (χ3n) is 5.74. The van der Waals surface area contributed by atoms with Crippen LogP contribution in [-0.2, 0) is 14.3 Å². The van der Waals surface area contributed by atoms with E-state index >= 15 is 0 Å². The highest BCUT2D eigenvalue weighted by molar-refractivity contribution is 5.87. The van der Waals surface area contributed by atoms with Crippen LogP contribution in [0.5, 0.6) is 0 Å². The summed E-state index contributed by atoms with van der Waals surface area (Å²) >= 11 is 0. The maximum Gasteiger partial charge on any atom is 0.333 e. The van der Waals surface area contributed by atoms with E-state index in [0.717, 1.165) is 44.9 Å². The second-order valence-corrected chi connectivity index (χ2v) is 6.98. The summed E-state index contributed by atoms with van der Waals surface area (Å²) in [5.74, 6) is 0.169. The number of hydrogen-bond donors (Lipinski definition) is 0. The zero-order chi connectivity index (χ0) is 14.4. The Morgan fingerprint density at radius 2 is 2.05 bits per heavy atom. The van der Waals surface area contributed by atoms with Crippen molar-refractivity contribution in [3.63, 3.8) is 0 Å². The summed E-state index contributed by atoms with van der Waals surface area (Å²) in [5.41, 5.74) is 0.295. The van der Waals surface area contributed by atoms with Crippen molar-refractivity contribution in [2.24, 2.45) is 5.92 Å². The number of hydrogen-bond acceptors (Lipinski definition) is 3. The van der Waals surface area contributed by atoms with E-state index in [2.05, 4.69) is 13.5 Å². The normalized spacial score (nSPS) is 38.1.